The minimum absolute atomic E-state index is 0.559. The van der Waals surface area contributed by atoms with Crippen LogP contribution in [0.15, 0.2) is 212 Å². The SMILES string of the molecule is c1ccc(-c2nc3cc(-c4ccc(-c5nc6ccccc6n5-c5ccccc5)cc4)ccc3c3cc4c(cc23)-c2ccccc2C42c3ccccc3Oc3ccccc32)cc1. The summed E-state index contributed by atoms with van der Waals surface area (Å²) in [5, 5.41) is 3.43. The summed E-state index contributed by atoms with van der Waals surface area (Å²) in [4.78, 5) is 10.6. The number of para-hydroxylation sites is 5. The van der Waals surface area contributed by atoms with E-state index in [1.165, 1.54) is 27.6 Å². The van der Waals surface area contributed by atoms with Gasteiger partial charge in [-0.2, -0.15) is 0 Å². The second-order valence-corrected chi connectivity index (χ2v) is 16.1. The van der Waals surface area contributed by atoms with E-state index in [-0.39, 0.29) is 0 Å². The Morgan fingerprint density at radius 2 is 1.00 bits per heavy atom. The Morgan fingerprint density at radius 1 is 0.377 bits per heavy atom. The van der Waals surface area contributed by atoms with E-state index in [9.17, 15) is 0 Å². The summed E-state index contributed by atoms with van der Waals surface area (Å²) in [6, 6.07) is 75.9. The van der Waals surface area contributed by atoms with Gasteiger partial charge in [-0.05, 0) is 93.4 Å². The van der Waals surface area contributed by atoms with Crippen LogP contribution in [-0.4, -0.2) is 14.5 Å². The van der Waals surface area contributed by atoms with E-state index in [1.54, 1.807) is 0 Å². The fourth-order valence-corrected chi connectivity index (χ4v) is 10.2. The smallest absolute Gasteiger partial charge is 0.145 e. The van der Waals surface area contributed by atoms with Gasteiger partial charge in [0.2, 0.25) is 0 Å². The molecule has 61 heavy (non-hydrogen) atoms. The van der Waals surface area contributed by atoms with Gasteiger partial charge in [0.15, 0.2) is 0 Å². The quantitative estimate of drug-likeness (QED) is 0.167. The van der Waals surface area contributed by atoms with Crippen molar-refractivity contribution in [3.63, 3.8) is 0 Å². The van der Waals surface area contributed by atoms with Crippen LogP contribution in [0.5, 0.6) is 11.5 Å². The number of imidazole rings is 1. The van der Waals surface area contributed by atoms with Crippen molar-refractivity contribution >= 4 is 32.7 Å². The standard InChI is InChI=1S/C57H35N3O/c1-3-15-37(16-4-1)55-45-34-44-41-19-7-8-20-46(41)57(47-21-9-13-25-53(47)61-54-26-14-10-22-48(54)57)49(44)35-43(45)42-32-31-39(33-51(42)58-55)36-27-29-38(30-28-36)56-59-50-23-11-12-24-52(50)60(56)40-17-5-2-6-18-40/h1-35H. The molecule has 0 amide bonds. The third-order valence-electron chi connectivity index (χ3n) is 12.9. The lowest BCUT2D eigenvalue weighted by Gasteiger charge is -2.39. The first-order valence-corrected chi connectivity index (χ1v) is 20.8. The summed E-state index contributed by atoms with van der Waals surface area (Å²) in [7, 11) is 0. The summed E-state index contributed by atoms with van der Waals surface area (Å²) in [5.41, 5.74) is 16.2. The lowest BCUT2D eigenvalue weighted by Crippen LogP contribution is -2.32. The van der Waals surface area contributed by atoms with Gasteiger partial charge in [-0.1, -0.05) is 158 Å². The van der Waals surface area contributed by atoms with Crippen LogP contribution in [0.25, 0.3) is 83.3 Å². The summed E-state index contributed by atoms with van der Waals surface area (Å²) in [6.45, 7) is 0. The number of pyridine rings is 1. The molecular weight excluding hydrogens is 743 g/mol. The maximum atomic E-state index is 6.64. The average Bonchev–Trinajstić information content (AvgIpc) is 3.85. The average molecular weight is 778 g/mol. The van der Waals surface area contributed by atoms with E-state index in [4.69, 9.17) is 14.7 Å². The molecular formula is C57H35N3O. The molecule has 1 spiro atoms. The zero-order valence-corrected chi connectivity index (χ0v) is 33.0. The molecule has 1 aliphatic carbocycles. The largest absolute Gasteiger partial charge is 0.457 e. The fraction of sp³-hybridized carbons (Fsp3) is 0.0175. The predicted molar refractivity (Wildman–Crippen MR) is 248 cm³/mol. The third kappa shape index (κ3) is 4.87. The van der Waals surface area contributed by atoms with E-state index in [0.29, 0.717) is 0 Å². The molecule has 13 rings (SSSR count). The Balaban J connectivity index is 1.02. The van der Waals surface area contributed by atoms with Gasteiger partial charge in [0.25, 0.3) is 0 Å². The lowest BCUT2D eigenvalue weighted by atomic mass is 9.66. The molecule has 0 N–H and O–H groups in total. The van der Waals surface area contributed by atoms with Crippen molar-refractivity contribution in [2.45, 2.75) is 5.41 Å². The molecule has 284 valence electrons. The highest BCUT2D eigenvalue weighted by molar-refractivity contribution is 6.14. The topological polar surface area (TPSA) is 39.9 Å². The van der Waals surface area contributed by atoms with Crippen LogP contribution in [-0.2, 0) is 5.41 Å². The van der Waals surface area contributed by atoms with E-state index < -0.39 is 5.41 Å². The summed E-state index contributed by atoms with van der Waals surface area (Å²) in [6.07, 6.45) is 0. The molecule has 0 atom stereocenters. The molecule has 2 aliphatic rings. The summed E-state index contributed by atoms with van der Waals surface area (Å²) in [5.74, 6) is 2.70. The van der Waals surface area contributed by atoms with Gasteiger partial charge >= 0.3 is 0 Å². The van der Waals surface area contributed by atoms with Crippen molar-refractivity contribution in [2.75, 3.05) is 0 Å². The molecule has 1 aliphatic heterocycles. The van der Waals surface area contributed by atoms with Crippen LogP contribution >= 0.6 is 0 Å². The number of ether oxygens (including phenoxy) is 1. The minimum Gasteiger partial charge on any atom is -0.457 e. The highest BCUT2D eigenvalue weighted by Gasteiger charge is 2.51. The molecule has 0 fully saturated rings. The van der Waals surface area contributed by atoms with Gasteiger partial charge in [-0.3, -0.25) is 4.57 Å². The predicted octanol–water partition coefficient (Wildman–Crippen LogP) is 14.2. The van der Waals surface area contributed by atoms with Crippen molar-refractivity contribution in [1.82, 2.24) is 14.5 Å². The van der Waals surface area contributed by atoms with Crippen molar-refractivity contribution in [1.29, 1.82) is 0 Å². The number of aromatic nitrogens is 3. The van der Waals surface area contributed by atoms with Crippen molar-refractivity contribution in [3.8, 4) is 62.1 Å². The van der Waals surface area contributed by atoms with Crippen molar-refractivity contribution < 1.29 is 4.74 Å². The molecule has 9 aromatic carbocycles. The zero-order chi connectivity index (χ0) is 40.1. The first kappa shape index (κ1) is 33.8. The molecule has 4 nitrogen and oxygen atoms in total. The number of rotatable bonds is 4. The molecule has 0 unspecified atom stereocenters. The van der Waals surface area contributed by atoms with E-state index in [2.05, 4.69) is 205 Å². The van der Waals surface area contributed by atoms with E-state index in [0.717, 1.165) is 89.4 Å². The number of hydrogen-bond donors (Lipinski definition) is 0. The first-order chi connectivity index (χ1) is 30.2. The second kappa shape index (κ2) is 13.0. The summed E-state index contributed by atoms with van der Waals surface area (Å²) >= 11 is 0. The highest BCUT2D eigenvalue weighted by Crippen LogP contribution is 2.62. The molecule has 0 saturated carbocycles. The molecule has 0 saturated heterocycles. The molecule has 0 radical (unpaired) electrons. The van der Waals surface area contributed by atoms with Gasteiger partial charge in [-0.25, -0.2) is 9.97 Å². The summed E-state index contributed by atoms with van der Waals surface area (Å²) < 4.78 is 8.89. The maximum absolute atomic E-state index is 6.64. The van der Waals surface area contributed by atoms with Crippen LogP contribution in [0, 0.1) is 0 Å². The first-order valence-electron chi connectivity index (χ1n) is 20.8. The molecule has 11 aromatic rings. The van der Waals surface area contributed by atoms with Crippen LogP contribution in [0.1, 0.15) is 22.3 Å². The molecule has 3 heterocycles. The zero-order valence-electron chi connectivity index (χ0n) is 33.0. The Kier molecular flexibility index (Phi) is 7.19. The Labute approximate surface area is 352 Å². The normalized spacial score (nSPS) is 13.2. The second-order valence-electron chi connectivity index (χ2n) is 16.1. The molecule has 0 bridgehead atoms. The van der Waals surface area contributed by atoms with Crippen LogP contribution < -0.4 is 4.74 Å². The Hall–Kier alpha value is -8.08. The lowest BCUT2D eigenvalue weighted by molar-refractivity contribution is 0.436. The van der Waals surface area contributed by atoms with Crippen LogP contribution in [0.4, 0.5) is 0 Å². The van der Waals surface area contributed by atoms with Gasteiger partial charge in [-0.15, -0.1) is 0 Å². The van der Waals surface area contributed by atoms with Crippen LogP contribution in [0.3, 0.4) is 0 Å². The van der Waals surface area contributed by atoms with Crippen LogP contribution in [0.2, 0.25) is 0 Å². The maximum Gasteiger partial charge on any atom is 0.145 e. The van der Waals surface area contributed by atoms with Gasteiger partial charge in [0.1, 0.15) is 17.3 Å². The number of nitrogens with zero attached hydrogens (tertiary/aromatic N) is 3. The van der Waals surface area contributed by atoms with Gasteiger partial charge in [0.05, 0.1) is 27.7 Å². The third-order valence-corrected chi connectivity index (χ3v) is 12.9. The van der Waals surface area contributed by atoms with Crippen molar-refractivity contribution in [3.05, 3.63) is 235 Å². The fourth-order valence-electron chi connectivity index (χ4n) is 10.2. The van der Waals surface area contributed by atoms with Gasteiger partial charge < -0.3 is 4.74 Å². The molecule has 4 heteroatoms. The molecule has 2 aromatic heterocycles. The monoisotopic (exact) mass is 777 g/mol. The minimum atomic E-state index is -0.559. The van der Waals surface area contributed by atoms with E-state index in [1.807, 2.05) is 12.1 Å². The number of hydrogen-bond acceptors (Lipinski definition) is 3. The Morgan fingerprint density at radius 3 is 1.77 bits per heavy atom. The van der Waals surface area contributed by atoms with Gasteiger partial charge in [0, 0.05) is 38.7 Å². The van der Waals surface area contributed by atoms with E-state index >= 15 is 0 Å². The number of fused-ring (bicyclic) bond motifs is 13. The number of benzene rings is 9. The Bertz CT molecular complexity index is 3510. The highest BCUT2D eigenvalue weighted by atomic mass is 16.5. The van der Waals surface area contributed by atoms with Crippen molar-refractivity contribution in [2.24, 2.45) is 0 Å².